The second-order valence-corrected chi connectivity index (χ2v) is 6.35. The normalized spacial score (nSPS) is 16.8. The van der Waals surface area contributed by atoms with Crippen LogP contribution in [0.2, 0.25) is 0 Å². The third-order valence-corrected chi connectivity index (χ3v) is 4.18. The van der Waals surface area contributed by atoms with Crippen LogP contribution in [0.5, 0.6) is 5.75 Å². The van der Waals surface area contributed by atoms with Crippen molar-refractivity contribution in [2.45, 2.75) is 6.10 Å². The summed E-state index contributed by atoms with van der Waals surface area (Å²) in [6.07, 6.45) is 1.68. The van der Waals surface area contributed by atoms with Gasteiger partial charge in [0, 0.05) is 12.7 Å². The number of benzene rings is 1. The van der Waals surface area contributed by atoms with E-state index in [2.05, 4.69) is 15.2 Å². The fourth-order valence-corrected chi connectivity index (χ4v) is 3.12. The van der Waals surface area contributed by atoms with E-state index in [9.17, 15) is 4.79 Å². The van der Waals surface area contributed by atoms with Crippen molar-refractivity contribution >= 4 is 17.1 Å². The molecule has 0 fully saturated rings. The lowest BCUT2D eigenvalue weighted by Crippen LogP contribution is -2.47. The molecule has 2 aromatic heterocycles. The summed E-state index contributed by atoms with van der Waals surface area (Å²) in [5.41, 5.74) is 1.81. The number of nitrogens with zero attached hydrogens (tertiary/aromatic N) is 5. The summed E-state index contributed by atoms with van der Waals surface area (Å²) in [7, 11) is 3.98. The van der Waals surface area contributed by atoms with Gasteiger partial charge in [0.05, 0.1) is 17.7 Å². The molecular weight excluding hydrogens is 318 g/mol. The van der Waals surface area contributed by atoms with Gasteiger partial charge in [-0.3, -0.25) is 9.69 Å². The van der Waals surface area contributed by atoms with E-state index in [1.807, 2.05) is 56.6 Å². The molecule has 0 aliphatic carbocycles. The van der Waals surface area contributed by atoms with Crippen molar-refractivity contribution in [1.29, 1.82) is 0 Å². The molecular formula is C18H19N5O2. The van der Waals surface area contributed by atoms with Crippen LogP contribution in [0.3, 0.4) is 0 Å². The van der Waals surface area contributed by atoms with Gasteiger partial charge in [0.25, 0.3) is 5.91 Å². The molecule has 1 unspecified atom stereocenters. The second-order valence-electron chi connectivity index (χ2n) is 6.35. The van der Waals surface area contributed by atoms with Gasteiger partial charge in [-0.1, -0.05) is 23.4 Å². The van der Waals surface area contributed by atoms with Crippen molar-refractivity contribution in [3.63, 3.8) is 0 Å². The Labute approximate surface area is 145 Å². The topological polar surface area (TPSA) is 63.0 Å². The van der Waals surface area contributed by atoms with Gasteiger partial charge in [-0.2, -0.15) is 0 Å². The number of carbonyl (C=O) groups is 1. The maximum Gasteiger partial charge on any atom is 0.281 e. The number of ether oxygens (including phenoxy) is 1. The Kier molecular flexibility index (Phi) is 3.85. The molecule has 7 nitrogen and oxygen atoms in total. The second kappa shape index (κ2) is 6.18. The minimum absolute atomic E-state index is 0.101. The average molecular weight is 337 g/mol. The number of rotatable bonds is 3. The molecule has 3 heterocycles. The summed E-state index contributed by atoms with van der Waals surface area (Å²) in [5, 5.41) is 8.14. The number of hydrogen-bond donors (Lipinski definition) is 0. The first-order valence-electron chi connectivity index (χ1n) is 8.16. The summed E-state index contributed by atoms with van der Waals surface area (Å²) < 4.78 is 7.66. The van der Waals surface area contributed by atoms with Gasteiger partial charge in [0.2, 0.25) is 0 Å². The van der Waals surface area contributed by atoms with Crippen molar-refractivity contribution in [2.24, 2.45) is 0 Å². The van der Waals surface area contributed by atoms with E-state index in [0.29, 0.717) is 23.5 Å². The maximum absolute atomic E-state index is 13.2. The third-order valence-electron chi connectivity index (χ3n) is 4.18. The quantitative estimate of drug-likeness (QED) is 0.728. The molecule has 0 saturated heterocycles. The highest BCUT2D eigenvalue weighted by Crippen LogP contribution is 2.34. The lowest BCUT2D eigenvalue weighted by Gasteiger charge is -2.35. The van der Waals surface area contributed by atoms with Crippen molar-refractivity contribution in [2.75, 3.05) is 32.1 Å². The predicted molar refractivity (Wildman–Crippen MR) is 94.1 cm³/mol. The van der Waals surface area contributed by atoms with Gasteiger partial charge in [0.15, 0.2) is 5.69 Å². The summed E-state index contributed by atoms with van der Waals surface area (Å²) in [6.45, 7) is 1.19. The van der Waals surface area contributed by atoms with Crippen molar-refractivity contribution in [3.8, 4) is 5.75 Å². The molecule has 4 rings (SSSR count). The predicted octanol–water partition coefficient (Wildman–Crippen LogP) is 1.70. The Morgan fingerprint density at radius 1 is 1.24 bits per heavy atom. The zero-order chi connectivity index (χ0) is 17.4. The van der Waals surface area contributed by atoms with E-state index in [0.717, 1.165) is 12.2 Å². The summed E-state index contributed by atoms with van der Waals surface area (Å²) in [6, 6.07) is 13.2. The Morgan fingerprint density at radius 2 is 2.04 bits per heavy atom. The van der Waals surface area contributed by atoms with Crippen LogP contribution in [0, 0.1) is 0 Å². The molecule has 0 spiro atoms. The molecule has 0 bridgehead atoms. The van der Waals surface area contributed by atoms with E-state index in [1.54, 1.807) is 15.6 Å². The summed E-state index contributed by atoms with van der Waals surface area (Å²) in [5.74, 6) is 0.547. The molecule has 0 saturated carbocycles. The molecule has 1 aliphatic rings. The number of anilines is 1. The molecule has 0 radical (unpaired) electrons. The van der Waals surface area contributed by atoms with Gasteiger partial charge in [-0.25, -0.2) is 4.52 Å². The molecule has 128 valence electrons. The molecule has 0 N–H and O–H groups in total. The van der Waals surface area contributed by atoms with Crippen LogP contribution < -0.4 is 9.64 Å². The third kappa shape index (κ3) is 2.83. The zero-order valence-corrected chi connectivity index (χ0v) is 14.2. The summed E-state index contributed by atoms with van der Waals surface area (Å²) >= 11 is 0. The van der Waals surface area contributed by atoms with Crippen LogP contribution in [-0.4, -0.2) is 58.9 Å². The smallest absolute Gasteiger partial charge is 0.281 e. The number of carbonyl (C=O) groups excluding carboxylic acids is 1. The number of hydrogen-bond acceptors (Lipinski definition) is 5. The van der Waals surface area contributed by atoms with Gasteiger partial charge < -0.3 is 9.64 Å². The van der Waals surface area contributed by atoms with Gasteiger partial charge in [-0.15, -0.1) is 5.10 Å². The molecule has 7 heteroatoms. The van der Waals surface area contributed by atoms with Crippen molar-refractivity contribution in [1.82, 2.24) is 19.7 Å². The van der Waals surface area contributed by atoms with Crippen molar-refractivity contribution < 1.29 is 9.53 Å². The molecule has 1 amide bonds. The monoisotopic (exact) mass is 337 g/mol. The Bertz CT molecular complexity index is 920. The van der Waals surface area contributed by atoms with E-state index in [-0.39, 0.29) is 12.0 Å². The SMILES string of the molecule is CN(C)CC1CN(C(=O)c2nnn3ccccc23)c2ccccc2O1. The highest BCUT2D eigenvalue weighted by atomic mass is 16.5. The van der Waals surface area contributed by atoms with Crippen LogP contribution in [0.1, 0.15) is 10.5 Å². The van der Waals surface area contributed by atoms with Crippen LogP contribution in [-0.2, 0) is 0 Å². The molecule has 1 atom stereocenters. The zero-order valence-electron chi connectivity index (χ0n) is 14.2. The van der Waals surface area contributed by atoms with Crippen molar-refractivity contribution in [3.05, 3.63) is 54.4 Å². The largest absolute Gasteiger partial charge is 0.485 e. The fraction of sp³-hybridized carbons (Fsp3) is 0.278. The Morgan fingerprint density at radius 3 is 2.88 bits per heavy atom. The highest BCUT2D eigenvalue weighted by Gasteiger charge is 2.32. The lowest BCUT2D eigenvalue weighted by molar-refractivity contribution is 0.0937. The fourth-order valence-electron chi connectivity index (χ4n) is 3.12. The van der Waals surface area contributed by atoms with Crippen LogP contribution in [0.15, 0.2) is 48.7 Å². The number of pyridine rings is 1. The van der Waals surface area contributed by atoms with Crippen LogP contribution in [0.4, 0.5) is 5.69 Å². The number of para-hydroxylation sites is 2. The molecule has 1 aromatic carbocycles. The first-order valence-corrected chi connectivity index (χ1v) is 8.16. The van der Waals surface area contributed by atoms with Gasteiger partial charge in [0.1, 0.15) is 11.9 Å². The molecule has 3 aromatic rings. The highest BCUT2D eigenvalue weighted by molar-refractivity contribution is 6.09. The minimum atomic E-state index is -0.166. The minimum Gasteiger partial charge on any atom is -0.485 e. The number of fused-ring (bicyclic) bond motifs is 2. The van der Waals surface area contributed by atoms with E-state index in [1.165, 1.54) is 0 Å². The van der Waals surface area contributed by atoms with E-state index < -0.39 is 0 Å². The average Bonchev–Trinajstić information content (AvgIpc) is 3.04. The number of likely N-dealkylation sites (N-methyl/N-ethyl adjacent to an activating group) is 1. The lowest BCUT2D eigenvalue weighted by atomic mass is 10.1. The van der Waals surface area contributed by atoms with Crippen LogP contribution >= 0.6 is 0 Å². The van der Waals surface area contributed by atoms with E-state index in [4.69, 9.17) is 4.74 Å². The van der Waals surface area contributed by atoms with Crippen LogP contribution in [0.25, 0.3) is 5.52 Å². The number of aromatic nitrogens is 3. The first-order chi connectivity index (χ1) is 12.1. The first kappa shape index (κ1) is 15.6. The van der Waals surface area contributed by atoms with E-state index >= 15 is 0 Å². The Balaban J connectivity index is 1.73. The maximum atomic E-state index is 13.2. The Hall–Kier alpha value is -2.93. The standard InChI is InChI=1S/C18H19N5O2/c1-21(2)11-13-12-22(14-7-3-4-9-16(14)25-13)18(24)17-15-8-5-6-10-23(15)20-19-17/h3-10,13H,11-12H2,1-2H3. The molecule has 1 aliphatic heterocycles. The van der Waals surface area contributed by atoms with Gasteiger partial charge in [-0.05, 0) is 38.4 Å². The molecule has 25 heavy (non-hydrogen) atoms. The van der Waals surface area contributed by atoms with Gasteiger partial charge >= 0.3 is 0 Å². The number of amides is 1. The summed E-state index contributed by atoms with van der Waals surface area (Å²) in [4.78, 5) is 17.0.